The van der Waals surface area contributed by atoms with Crippen molar-refractivity contribution in [3.05, 3.63) is 58.7 Å². The predicted octanol–water partition coefficient (Wildman–Crippen LogP) is 6.41. The Balaban J connectivity index is 1.38. The lowest BCUT2D eigenvalue weighted by Gasteiger charge is -2.32. The molecule has 3 amide bonds. The van der Waals surface area contributed by atoms with E-state index in [0.29, 0.717) is 45.9 Å². The van der Waals surface area contributed by atoms with Crippen LogP contribution >= 0.6 is 11.3 Å². The standard InChI is InChI=1S/C30H38N6O5S/c1-19-12-15-35(16-13-19)25-24(11-6-20(2)31-25)26(37)32-21-7-9-23(10-8-21)36(29(39)40)17-14-22-18-42-27(33-22)34-28(38)41-30(3,4)5/h6-11,18-19H,12-17H2,1-5H3,(H,32,37)(H,39,40)(H,33,34,38). The number of aromatic nitrogens is 2. The number of hydrogen-bond acceptors (Lipinski definition) is 8. The Bertz CT molecular complexity index is 1410. The molecule has 0 atom stereocenters. The van der Waals surface area contributed by atoms with E-state index in [1.165, 1.54) is 16.2 Å². The zero-order valence-corrected chi connectivity index (χ0v) is 25.5. The minimum Gasteiger partial charge on any atom is -0.465 e. The van der Waals surface area contributed by atoms with E-state index in [-0.39, 0.29) is 12.5 Å². The molecule has 0 spiro atoms. The van der Waals surface area contributed by atoms with Crippen molar-refractivity contribution in [2.24, 2.45) is 5.92 Å². The van der Waals surface area contributed by atoms with Crippen LogP contribution in [0.1, 0.15) is 62.3 Å². The van der Waals surface area contributed by atoms with Crippen molar-refractivity contribution < 1.29 is 24.2 Å². The molecule has 1 aliphatic heterocycles. The number of nitrogens with zero attached hydrogens (tertiary/aromatic N) is 4. The molecule has 3 N–H and O–H groups in total. The first-order valence-electron chi connectivity index (χ1n) is 14.0. The van der Waals surface area contributed by atoms with Crippen molar-refractivity contribution in [3.63, 3.8) is 0 Å². The quantitative estimate of drug-likeness (QED) is 0.272. The monoisotopic (exact) mass is 594 g/mol. The number of piperidine rings is 1. The summed E-state index contributed by atoms with van der Waals surface area (Å²) in [6.45, 7) is 11.4. The van der Waals surface area contributed by atoms with Gasteiger partial charge in [0.15, 0.2) is 5.13 Å². The molecule has 11 nitrogen and oxygen atoms in total. The van der Waals surface area contributed by atoms with Crippen molar-refractivity contribution in [2.75, 3.05) is 40.1 Å². The van der Waals surface area contributed by atoms with Gasteiger partial charge in [0.1, 0.15) is 11.4 Å². The molecule has 2 aromatic heterocycles. The Hall–Kier alpha value is -4.19. The lowest BCUT2D eigenvalue weighted by Crippen LogP contribution is -2.35. The molecule has 42 heavy (non-hydrogen) atoms. The number of rotatable bonds is 8. The number of thiazole rings is 1. The number of pyridine rings is 1. The fraction of sp³-hybridized carbons (Fsp3) is 0.433. The number of ether oxygens (including phenoxy) is 1. The number of hydrogen-bond donors (Lipinski definition) is 3. The maximum atomic E-state index is 13.3. The van der Waals surface area contributed by atoms with Crippen LogP contribution in [0.25, 0.3) is 0 Å². The topological polar surface area (TPSA) is 137 Å². The van der Waals surface area contributed by atoms with Crippen LogP contribution in [-0.4, -0.2) is 58.4 Å². The number of benzene rings is 1. The molecule has 3 aromatic rings. The van der Waals surface area contributed by atoms with Gasteiger partial charge in [-0.1, -0.05) is 6.92 Å². The molecule has 0 unspecified atom stereocenters. The van der Waals surface area contributed by atoms with Crippen molar-refractivity contribution >= 4 is 51.8 Å². The third-order valence-corrected chi connectivity index (χ3v) is 7.57. The van der Waals surface area contributed by atoms with Gasteiger partial charge in [0.2, 0.25) is 0 Å². The summed E-state index contributed by atoms with van der Waals surface area (Å²) in [5.74, 6) is 1.09. The third kappa shape index (κ3) is 8.41. The third-order valence-electron chi connectivity index (χ3n) is 6.76. The van der Waals surface area contributed by atoms with Gasteiger partial charge in [-0.25, -0.2) is 19.6 Å². The first-order chi connectivity index (χ1) is 19.9. The zero-order valence-electron chi connectivity index (χ0n) is 24.6. The average Bonchev–Trinajstić information content (AvgIpc) is 3.35. The largest absolute Gasteiger partial charge is 0.465 e. The van der Waals surface area contributed by atoms with Crippen LogP contribution < -0.4 is 20.4 Å². The van der Waals surface area contributed by atoms with Crippen LogP contribution in [0.2, 0.25) is 0 Å². The summed E-state index contributed by atoms with van der Waals surface area (Å²) in [7, 11) is 0. The fourth-order valence-electron chi connectivity index (χ4n) is 4.54. The Kier molecular flexibility index (Phi) is 9.66. The molecule has 4 rings (SSSR count). The van der Waals surface area contributed by atoms with Crippen LogP contribution in [0.3, 0.4) is 0 Å². The predicted molar refractivity (Wildman–Crippen MR) is 165 cm³/mol. The highest BCUT2D eigenvalue weighted by Crippen LogP contribution is 2.27. The number of carboxylic acid groups (broad SMARTS) is 1. The second-order valence-electron chi connectivity index (χ2n) is 11.4. The lowest BCUT2D eigenvalue weighted by molar-refractivity contribution is 0.0635. The van der Waals surface area contributed by atoms with E-state index in [9.17, 15) is 19.5 Å². The molecular weight excluding hydrogens is 556 g/mol. The Morgan fingerprint density at radius 2 is 1.76 bits per heavy atom. The first kappa shape index (κ1) is 30.8. The molecule has 1 fully saturated rings. The van der Waals surface area contributed by atoms with Crippen molar-refractivity contribution in [1.29, 1.82) is 0 Å². The summed E-state index contributed by atoms with van der Waals surface area (Å²) >= 11 is 1.24. The molecule has 3 heterocycles. The maximum Gasteiger partial charge on any atom is 0.413 e. The van der Waals surface area contributed by atoms with Gasteiger partial charge >= 0.3 is 12.2 Å². The van der Waals surface area contributed by atoms with Gasteiger partial charge < -0.3 is 20.1 Å². The Labute approximate surface area is 249 Å². The van der Waals surface area contributed by atoms with Crippen molar-refractivity contribution in [1.82, 2.24) is 9.97 Å². The van der Waals surface area contributed by atoms with Crippen molar-refractivity contribution in [3.8, 4) is 0 Å². The van der Waals surface area contributed by atoms with E-state index in [0.717, 1.165) is 31.6 Å². The highest BCUT2D eigenvalue weighted by atomic mass is 32.1. The number of amides is 3. The number of nitrogens with one attached hydrogen (secondary N) is 2. The minimum atomic E-state index is -1.11. The number of carbonyl (C=O) groups is 3. The van der Waals surface area contributed by atoms with E-state index in [2.05, 4.69) is 32.4 Å². The van der Waals surface area contributed by atoms with Gasteiger partial charge in [-0.3, -0.25) is 15.0 Å². The van der Waals surface area contributed by atoms with Gasteiger partial charge in [-0.2, -0.15) is 0 Å². The second kappa shape index (κ2) is 13.2. The highest BCUT2D eigenvalue weighted by molar-refractivity contribution is 7.13. The summed E-state index contributed by atoms with van der Waals surface area (Å²) in [5, 5.41) is 17.5. The van der Waals surface area contributed by atoms with Gasteiger partial charge in [-0.15, -0.1) is 11.3 Å². The molecule has 1 aliphatic rings. The SMILES string of the molecule is Cc1ccc(C(=O)Nc2ccc(N(CCc3csc(NC(=O)OC(C)(C)C)n3)C(=O)O)cc2)c(N2CCC(C)CC2)n1. The second-order valence-corrected chi connectivity index (χ2v) is 12.3. The number of aryl methyl sites for hydroxylation is 1. The molecule has 224 valence electrons. The van der Waals surface area contributed by atoms with E-state index in [1.54, 1.807) is 56.5 Å². The summed E-state index contributed by atoms with van der Waals surface area (Å²) in [4.78, 5) is 49.7. The minimum absolute atomic E-state index is 0.156. The number of carbonyl (C=O) groups excluding carboxylic acids is 2. The normalized spacial score (nSPS) is 13.9. The Morgan fingerprint density at radius 1 is 1.07 bits per heavy atom. The van der Waals surface area contributed by atoms with Crippen LogP contribution in [0.15, 0.2) is 41.8 Å². The fourth-order valence-corrected chi connectivity index (χ4v) is 5.27. The molecule has 12 heteroatoms. The molecule has 0 saturated carbocycles. The highest BCUT2D eigenvalue weighted by Gasteiger charge is 2.23. The average molecular weight is 595 g/mol. The van der Waals surface area contributed by atoms with Gasteiger partial charge in [-0.05, 0) is 82.9 Å². The summed E-state index contributed by atoms with van der Waals surface area (Å²) < 4.78 is 5.24. The van der Waals surface area contributed by atoms with E-state index in [1.807, 2.05) is 13.0 Å². The van der Waals surface area contributed by atoms with Crippen LogP contribution in [0.5, 0.6) is 0 Å². The first-order valence-corrected chi connectivity index (χ1v) is 14.8. The van der Waals surface area contributed by atoms with Crippen LogP contribution in [0, 0.1) is 12.8 Å². The molecule has 0 bridgehead atoms. The van der Waals surface area contributed by atoms with E-state index >= 15 is 0 Å². The zero-order chi connectivity index (χ0) is 30.4. The van der Waals surface area contributed by atoms with E-state index in [4.69, 9.17) is 4.74 Å². The summed E-state index contributed by atoms with van der Waals surface area (Å²) in [6, 6.07) is 10.3. The van der Waals surface area contributed by atoms with Gasteiger partial charge in [0, 0.05) is 48.5 Å². The Morgan fingerprint density at radius 3 is 2.40 bits per heavy atom. The molecular formula is C30H38N6O5S. The molecule has 1 saturated heterocycles. The van der Waals surface area contributed by atoms with Crippen LogP contribution in [-0.2, 0) is 11.2 Å². The smallest absolute Gasteiger partial charge is 0.413 e. The lowest BCUT2D eigenvalue weighted by atomic mass is 9.99. The molecule has 0 radical (unpaired) electrons. The molecule has 1 aromatic carbocycles. The molecule has 0 aliphatic carbocycles. The summed E-state index contributed by atoms with van der Waals surface area (Å²) in [6.07, 6.45) is 0.755. The van der Waals surface area contributed by atoms with Gasteiger partial charge in [0.05, 0.1) is 11.3 Å². The van der Waals surface area contributed by atoms with Gasteiger partial charge in [0.25, 0.3) is 5.91 Å². The maximum absolute atomic E-state index is 13.3. The van der Waals surface area contributed by atoms with Crippen molar-refractivity contribution in [2.45, 2.75) is 59.5 Å². The summed E-state index contributed by atoms with van der Waals surface area (Å²) in [5.41, 5.74) is 2.39. The number of anilines is 4. The van der Waals surface area contributed by atoms with E-state index < -0.39 is 17.8 Å². The van der Waals surface area contributed by atoms with Crippen LogP contribution in [0.4, 0.5) is 31.9 Å².